The largest absolute Gasteiger partial charge is 0.392 e. The summed E-state index contributed by atoms with van der Waals surface area (Å²) in [6.07, 6.45) is 0. The molecular weight excluding hydrogens is 504 g/mol. The second-order valence-electron chi connectivity index (χ2n) is 7.69. The fraction of sp³-hybridized carbons (Fsp3) is 0.280. The third-order valence-corrected chi connectivity index (χ3v) is 6.01. The number of benzene rings is 3. The smallest absolute Gasteiger partial charge is 0.266 e. The molecule has 0 atom stereocenters. The highest BCUT2D eigenvalue weighted by molar-refractivity contribution is 7.86. The van der Waals surface area contributed by atoms with Gasteiger partial charge in [-0.15, -0.1) is 0 Å². The van der Waals surface area contributed by atoms with E-state index in [2.05, 4.69) is 0 Å². The molecule has 0 aliphatic rings. The quantitative estimate of drug-likeness (QED) is 0.285. The molecule has 11 heteroatoms. The highest BCUT2D eigenvalue weighted by Crippen LogP contribution is 2.10. The normalized spacial score (nSPS) is 11.1. The van der Waals surface area contributed by atoms with Crippen LogP contribution >= 0.6 is 0 Å². The van der Waals surface area contributed by atoms with Crippen LogP contribution in [0.1, 0.15) is 16.7 Å². The second kappa shape index (κ2) is 16.9. The zero-order valence-electron chi connectivity index (χ0n) is 19.9. The number of hydrogen-bond acceptors (Lipinski definition) is 7. The minimum absolute atomic E-state index is 0.0289. The number of aliphatic hydroxyl groups is 1. The van der Waals surface area contributed by atoms with Gasteiger partial charge >= 0.3 is 0 Å². The van der Waals surface area contributed by atoms with Crippen LogP contribution in [0.15, 0.2) is 91.0 Å². The Kier molecular flexibility index (Phi) is 14.8. The van der Waals surface area contributed by atoms with Crippen molar-refractivity contribution in [3.05, 3.63) is 108 Å². The number of rotatable bonds is 10. The van der Waals surface area contributed by atoms with E-state index in [1.54, 1.807) is 0 Å². The molecule has 9 nitrogen and oxygen atoms in total. The molecule has 0 aliphatic heterocycles. The Hall–Kier alpha value is -2.64. The summed E-state index contributed by atoms with van der Waals surface area (Å²) >= 11 is 0. The Morgan fingerprint density at radius 3 is 1.22 bits per heavy atom. The molecule has 36 heavy (non-hydrogen) atoms. The number of nitrogens with zero attached hydrogens (tertiary/aromatic N) is 1. The van der Waals surface area contributed by atoms with Crippen LogP contribution in [0.25, 0.3) is 0 Å². The maximum Gasteiger partial charge on any atom is 0.266 e. The van der Waals surface area contributed by atoms with Gasteiger partial charge in [0.15, 0.2) is 0 Å². The molecule has 0 saturated heterocycles. The SMILES string of the molecule is NCCS(=O)(=O)O.O=S(=O)(O)CCN(Cc1ccccc1)Cc1ccccc1.OCc1ccccc1. The molecule has 198 valence electrons. The third-order valence-electron chi connectivity index (χ3n) is 4.56. The summed E-state index contributed by atoms with van der Waals surface area (Å²) in [5.74, 6) is -0.611. The van der Waals surface area contributed by atoms with E-state index in [1.807, 2.05) is 95.9 Å². The zero-order chi connectivity index (χ0) is 26.9. The summed E-state index contributed by atoms with van der Waals surface area (Å²) in [6, 6.07) is 29.3. The van der Waals surface area contributed by atoms with Gasteiger partial charge in [-0.3, -0.25) is 14.0 Å². The molecule has 3 rings (SSSR count). The first-order valence-corrected chi connectivity index (χ1v) is 14.3. The average Bonchev–Trinajstić information content (AvgIpc) is 2.84. The first-order valence-electron chi connectivity index (χ1n) is 11.1. The fourth-order valence-electron chi connectivity index (χ4n) is 2.87. The van der Waals surface area contributed by atoms with E-state index in [-0.39, 0.29) is 24.7 Å². The van der Waals surface area contributed by atoms with Crippen molar-refractivity contribution in [2.75, 3.05) is 24.6 Å². The van der Waals surface area contributed by atoms with E-state index in [4.69, 9.17) is 19.9 Å². The molecular formula is C25H34N2O7S2. The molecule has 0 radical (unpaired) electrons. The van der Waals surface area contributed by atoms with Crippen molar-refractivity contribution in [2.24, 2.45) is 5.73 Å². The van der Waals surface area contributed by atoms with Gasteiger partial charge in [-0.25, -0.2) is 0 Å². The Morgan fingerprint density at radius 2 is 0.972 bits per heavy atom. The van der Waals surface area contributed by atoms with Crippen molar-refractivity contribution in [3.8, 4) is 0 Å². The molecule has 0 heterocycles. The van der Waals surface area contributed by atoms with Gasteiger partial charge in [0.1, 0.15) is 0 Å². The van der Waals surface area contributed by atoms with Gasteiger partial charge in [0.25, 0.3) is 20.2 Å². The standard InChI is InChI=1S/C16H19NO3S.C7H8O.C2H7NO3S/c18-21(19,20)12-11-17(13-15-7-3-1-4-8-15)14-16-9-5-2-6-10-16;8-6-7-4-2-1-3-5-7;3-1-2-7(4,5)6/h1-10H,11-14H2,(H,18,19,20);1-5,8H,6H2;1-3H2,(H,4,5,6). The molecule has 0 aliphatic carbocycles. The minimum atomic E-state index is -3.95. The number of aliphatic hydroxyl groups excluding tert-OH is 1. The van der Waals surface area contributed by atoms with E-state index in [0.717, 1.165) is 16.7 Å². The van der Waals surface area contributed by atoms with Crippen molar-refractivity contribution in [1.82, 2.24) is 4.90 Å². The summed E-state index contributed by atoms with van der Waals surface area (Å²) < 4.78 is 58.2. The monoisotopic (exact) mass is 538 g/mol. The van der Waals surface area contributed by atoms with Crippen LogP contribution in [0.2, 0.25) is 0 Å². The van der Waals surface area contributed by atoms with E-state index < -0.39 is 20.2 Å². The van der Waals surface area contributed by atoms with Gasteiger partial charge in [0.05, 0.1) is 18.1 Å². The highest BCUT2D eigenvalue weighted by Gasteiger charge is 2.12. The van der Waals surface area contributed by atoms with Crippen LogP contribution in [-0.4, -0.2) is 60.5 Å². The second-order valence-corrected chi connectivity index (χ2v) is 10.8. The van der Waals surface area contributed by atoms with Gasteiger partial charge in [-0.05, 0) is 16.7 Å². The Bertz CT molecular complexity index is 1140. The maximum atomic E-state index is 11.0. The Labute approximate surface area is 213 Å². The van der Waals surface area contributed by atoms with Crippen LogP contribution in [0.4, 0.5) is 0 Å². The summed E-state index contributed by atoms with van der Waals surface area (Å²) in [6.45, 7) is 1.69. The van der Waals surface area contributed by atoms with E-state index in [9.17, 15) is 16.8 Å². The van der Waals surface area contributed by atoms with E-state index in [0.29, 0.717) is 19.6 Å². The first kappa shape index (κ1) is 31.4. The summed E-state index contributed by atoms with van der Waals surface area (Å²) in [7, 11) is -7.74. The molecule has 0 unspecified atom stereocenters. The molecule has 0 fully saturated rings. The molecule has 0 saturated carbocycles. The first-order chi connectivity index (χ1) is 17.0. The van der Waals surface area contributed by atoms with Crippen molar-refractivity contribution < 1.29 is 31.0 Å². The predicted molar refractivity (Wildman–Crippen MR) is 141 cm³/mol. The van der Waals surface area contributed by atoms with Crippen LogP contribution in [0.5, 0.6) is 0 Å². The fourth-order valence-corrected chi connectivity index (χ4v) is 3.66. The minimum Gasteiger partial charge on any atom is -0.392 e. The van der Waals surface area contributed by atoms with E-state index in [1.165, 1.54) is 0 Å². The highest BCUT2D eigenvalue weighted by atomic mass is 32.2. The van der Waals surface area contributed by atoms with Crippen LogP contribution < -0.4 is 5.73 Å². The van der Waals surface area contributed by atoms with Gasteiger partial charge < -0.3 is 10.8 Å². The van der Waals surface area contributed by atoms with Crippen molar-refractivity contribution in [3.63, 3.8) is 0 Å². The molecule has 0 amide bonds. The van der Waals surface area contributed by atoms with Crippen molar-refractivity contribution in [2.45, 2.75) is 19.7 Å². The number of nitrogens with two attached hydrogens (primary N) is 1. The zero-order valence-corrected chi connectivity index (χ0v) is 21.6. The van der Waals surface area contributed by atoms with Crippen LogP contribution in [-0.2, 0) is 39.9 Å². The van der Waals surface area contributed by atoms with Crippen molar-refractivity contribution in [1.29, 1.82) is 0 Å². The Morgan fingerprint density at radius 1 is 0.611 bits per heavy atom. The lowest BCUT2D eigenvalue weighted by Gasteiger charge is -2.22. The topological polar surface area (TPSA) is 158 Å². The number of hydrogen-bond donors (Lipinski definition) is 4. The van der Waals surface area contributed by atoms with Crippen LogP contribution in [0.3, 0.4) is 0 Å². The van der Waals surface area contributed by atoms with Gasteiger partial charge in [0.2, 0.25) is 0 Å². The van der Waals surface area contributed by atoms with Gasteiger partial charge in [0, 0.05) is 26.2 Å². The molecule has 3 aromatic carbocycles. The van der Waals surface area contributed by atoms with Crippen LogP contribution in [0, 0.1) is 0 Å². The van der Waals surface area contributed by atoms with Gasteiger partial charge in [-0.2, -0.15) is 16.8 Å². The lowest BCUT2D eigenvalue weighted by Crippen LogP contribution is -2.28. The van der Waals surface area contributed by atoms with Gasteiger partial charge in [-0.1, -0.05) is 91.0 Å². The summed E-state index contributed by atoms with van der Waals surface area (Å²) in [5, 5.41) is 8.54. The van der Waals surface area contributed by atoms with E-state index >= 15 is 0 Å². The van der Waals surface area contributed by atoms with Crippen molar-refractivity contribution >= 4 is 20.2 Å². The molecule has 0 aromatic heterocycles. The lowest BCUT2D eigenvalue weighted by molar-refractivity contribution is 0.270. The lowest BCUT2D eigenvalue weighted by atomic mass is 10.1. The Balaban J connectivity index is 0.000000353. The average molecular weight is 539 g/mol. The summed E-state index contributed by atoms with van der Waals surface area (Å²) in [4.78, 5) is 2.01. The summed E-state index contributed by atoms with van der Waals surface area (Å²) in [5.41, 5.74) is 7.97. The molecule has 5 N–H and O–H groups in total. The molecule has 0 bridgehead atoms. The molecule has 0 spiro atoms. The molecule has 3 aromatic rings. The third kappa shape index (κ3) is 16.9. The predicted octanol–water partition coefficient (Wildman–Crippen LogP) is 2.59. The maximum absolute atomic E-state index is 11.0.